The van der Waals surface area contributed by atoms with Crippen molar-refractivity contribution in [1.82, 2.24) is 4.90 Å². The van der Waals surface area contributed by atoms with Crippen LogP contribution in [0.5, 0.6) is 11.5 Å². The molecule has 1 aliphatic rings. The molecule has 0 spiro atoms. The number of hydrogen-bond acceptors (Lipinski definition) is 4. The van der Waals surface area contributed by atoms with Crippen LogP contribution in [0.1, 0.15) is 18.0 Å². The van der Waals surface area contributed by atoms with Gasteiger partial charge in [-0.1, -0.05) is 17.6 Å². The van der Waals surface area contributed by atoms with Crippen LogP contribution in [0.25, 0.3) is 0 Å². The molecule has 0 unspecified atom stereocenters. The highest BCUT2D eigenvalue weighted by Crippen LogP contribution is 2.32. The van der Waals surface area contributed by atoms with Crippen LogP contribution < -0.4 is 20.3 Å². The maximum absolute atomic E-state index is 13.6. The van der Waals surface area contributed by atoms with E-state index in [1.54, 1.807) is 6.07 Å². The predicted octanol–water partition coefficient (Wildman–Crippen LogP) is 3.29. The number of urea groups is 1. The molecule has 1 atom stereocenters. The smallest absolute Gasteiger partial charge is 0.387 e. The number of allylic oxidation sites excluding steroid dienone is 1. The fraction of sp³-hybridized carbons (Fsp3) is 0.200. The molecule has 0 saturated carbocycles. The number of carbonyl (C=O) groups excluding carboxylic acids is 2. The second kappa shape index (κ2) is 8.94. The summed E-state index contributed by atoms with van der Waals surface area (Å²) in [5.74, 6) is -1.07. The van der Waals surface area contributed by atoms with Crippen molar-refractivity contribution in [2.45, 2.75) is 19.1 Å². The number of nitrogens with zero attached hydrogens (tertiary/aromatic N) is 1. The summed E-state index contributed by atoms with van der Waals surface area (Å²) >= 11 is 0. The zero-order chi connectivity index (χ0) is 21.8. The number of methoxy groups -OCH3 is 1. The number of ketones is 1. The van der Waals surface area contributed by atoms with Gasteiger partial charge in [0.2, 0.25) is 0 Å². The van der Waals surface area contributed by atoms with Crippen LogP contribution in [0.4, 0.5) is 23.7 Å². The van der Waals surface area contributed by atoms with Gasteiger partial charge in [-0.25, -0.2) is 9.18 Å². The minimum absolute atomic E-state index is 0.0344. The third-order valence-corrected chi connectivity index (χ3v) is 4.41. The topological polar surface area (TPSA) is 67.9 Å². The van der Waals surface area contributed by atoms with Crippen LogP contribution in [0, 0.1) is 5.82 Å². The van der Waals surface area contributed by atoms with Gasteiger partial charge < -0.3 is 14.8 Å². The Balaban J connectivity index is 1.88. The Morgan fingerprint density at radius 3 is 2.70 bits per heavy atom. The summed E-state index contributed by atoms with van der Waals surface area (Å²) in [4.78, 5) is 26.0. The van der Waals surface area contributed by atoms with Crippen LogP contribution in [0.2, 0.25) is 0 Å². The number of carbonyl (C=O) groups is 2. The van der Waals surface area contributed by atoms with Crippen molar-refractivity contribution in [3.63, 3.8) is 0 Å². The van der Waals surface area contributed by atoms with E-state index in [2.05, 4.69) is 10.1 Å². The predicted molar refractivity (Wildman–Crippen MR) is 104 cm³/mol. The number of hydrogen-bond donors (Lipinski definition) is 1. The van der Waals surface area contributed by atoms with Crippen molar-refractivity contribution in [3.05, 3.63) is 60.1 Å². The Morgan fingerprint density at radius 1 is 1.27 bits per heavy atom. The lowest BCUT2D eigenvalue weighted by Crippen LogP contribution is -2.38. The van der Waals surface area contributed by atoms with Crippen molar-refractivity contribution >= 4 is 30.8 Å². The summed E-state index contributed by atoms with van der Waals surface area (Å²) in [5.41, 5.74) is 0.481. The van der Waals surface area contributed by atoms with Crippen molar-refractivity contribution < 1.29 is 32.2 Å². The molecule has 0 fully saturated rings. The number of benzene rings is 2. The summed E-state index contributed by atoms with van der Waals surface area (Å²) in [6.07, 6.45) is 2.49. The molecule has 0 aromatic heterocycles. The molecule has 1 N–H and O–H groups in total. The Labute approximate surface area is 171 Å². The Kier molecular flexibility index (Phi) is 6.34. The van der Waals surface area contributed by atoms with E-state index in [0.29, 0.717) is 5.56 Å². The van der Waals surface area contributed by atoms with Gasteiger partial charge in [-0.3, -0.25) is 9.69 Å². The molecule has 2 aromatic rings. The first-order valence-electron chi connectivity index (χ1n) is 8.76. The minimum atomic E-state index is -3.08. The highest BCUT2D eigenvalue weighted by atomic mass is 19.3. The van der Waals surface area contributed by atoms with E-state index in [0.717, 1.165) is 6.07 Å². The fourth-order valence-electron chi connectivity index (χ4n) is 3.04. The molecule has 10 heteroatoms. The number of nitrogens with one attached hydrogen (secondary N) is 1. The average Bonchev–Trinajstić information content (AvgIpc) is 2.69. The fourth-order valence-corrected chi connectivity index (χ4v) is 3.04. The molecule has 6 nitrogen and oxygen atoms in total. The molecule has 2 amide bonds. The molecule has 2 radical (unpaired) electrons. The Hall–Kier alpha value is -3.43. The molecule has 0 aliphatic carbocycles. The molecule has 154 valence electrons. The van der Waals surface area contributed by atoms with E-state index in [1.165, 1.54) is 48.6 Å². The zero-order valence-electron chi connectivity index (χ0n) is 15.8. The largest absolute Gasteiger partial charge is 0.493 e. The van der Waals surface area contributed by atoms with Gasteiger partial charge in [0.25, 0.3) is 0 Å². The first-order valence-corrected chi connectivity index (χ1v) is 8.76. The van der Waals surface area contributed by atoms with Crippen molar-refractivity contribution in [2.75, 3.05) is 12.4 Å². The van der Waals surface area contributed by atoms with Crippen LogP contribution >= 0.6 is 0 Å². The molecule has 3 rings (SSSR count). The first-order chi connectivity index (χ1) is 14.3. The van der Waals surface area contributed by atoms with Gasteiger partial charge in [-0.05, 0) is 29.8 Å². The van der Waals surface area contributed by atoms with Gasteiger partial charge in [-0.15, -0.1) is 0 Å². The summed E-state index contributed by atoms with van der Waals surface area (Å²) in [6.45, 7) is -3.08. The van der Waals surface area contributed by atoms with Crippen LogP contribution in [0.15, 0.2) is 48.7 Å². The molecule has 30 heavy (non-hydrogen) atoms. The standard InChI is InChI=1S/C20H16BF3N2O4/c1-29-17-10-15(14(21)9-18(17)30-19(23)24)25-20(28)26-6-5-13(27)8-16(26)11-3-2-4-12(22)7-11/h2-7,9-10,16,19H,8H2,1H3,(H,25,28)/t16-/m0/s1. The lowest BCUT2D eigenvalue weighted by molar-refractivity contribution is -0.116. The molecular weight excluding hydrogens is 400 g/mol. The molecular formula is C20H16BF3N2O4. The summed E-state index contributed by atoms with van der Waals surface area (Å²) in [6, 6.07) is 6.52. The average molecular weight is 416 g/mol. The number of alkyl halides is 2. The van der Waals surface area contributed by atoms with Crippen LogP contribution in [0.3, 0.4) is 0 Å². The van der Waals surface area contributed by atoms with E-state index in [9.17, 15) is 22.8 Å². The number of amides is 2. The second-order valence-electron chi connectivity index (χ2n) is 6.36. The summed E-state index contributed by atoms with van der Waals surface area (Å²) < 4.78 is 48.1. The zero-order valence-corrected chi connectivity index (χ0v) is 15.8. The van der Waals surface area contributed by atoms with E-state index in [-0.39, 0.29) is 34.9 Å². The maximum atomic E-state index is 13.6. The number of ether oxygens (including phenoxy) is 2. The Morgan fingerprint density at radius 2 is 2.03 bits per heavy atom. The molecule has 1 aliphatic heterocycles. The quantitative estimate of drug-likeness (QED) is 0.760. The van der Waals surface area contributed by atoms with Crippen LogP contribution in [-0.2, 0) is 4.79 Å². The van der Waals surface area contributed by atoms with E-state index in [4.69, 9.17) is 12.6 Å². The van der Waals surface area contributed by atoms with Crippen LogP contribution in [-0.4, -0.2) is 38.3 Å². The molecule has 2 aromatic carbocycles. The van der Waals surface area contributed by atoms with Gasteiger partial charge in [0.05, 0.1) is 13.2 Å². The van der Waals surface area contributed by atoms with Crippen molar-refractivity contribution in [2.24, 2.45) is 0 Å². The van der Waals surface area contributed by atoms with Crippen molar-refractivity contribution in [1.29, 1.82) is 0 Å². The number of halogens is 3. The monoisotopic (exact) mass is 416 g/mol. The maximum Gasteiger partial charge on any atom is 0.387 e. The van der Waals surface area contributed by atoms with Gasteiger partial charge in [0.1, 0.15) is 13.7 Å². The van der Waals surface area contributed by atoms with Gasteiger partial charge in [0, 0.05) is 24.4 Å². The van der Waals surface area contributed by atoms with E-state index >= 15 is 0 Å². The summed E-state index contributed by atoms with van der Waals surface area (Å²) in [5, 5.41) is 2.55. The van der Waals surface area contributed by atoms with Gasteiger partial charge in [0.15, 0.2) is 17.3 Å². The summed E-state index contributed by atoms with van der Waals surface area (Å²) in [7, 11) is 7.10. The van der Waals surface area contributed by atoms with Crippen molar-refractivity contribution in [3.8, 4) is 11.5 Å². The van der Waals surface area contributed by atoms with Gasteiger partial charge >= 0.3 is 12.6 Å². The highest BCUT2D eigenvalue weighted by Gasteiger charge is 2.29. The lowest BCUT2D eigenvalue weighted by atomic mass is 9.93. The lowest BCUT2D eigenvalue weighted by Gasteiger charge is -2.31. The third kappa shape index (κ3) is 4.76. The molecule has 0 saturated heterocycles. The molecule has 0 bridgehead atoms. The first kappa shape index (κ1) is 21.3. The normalized spacial score (nSPS) is 16.0. The third-order valence-electron chi connectivity index (χ3n) is 4.41. The highest BCUT2D eigenvalue weighted by molar-refractivity contribution is 6.36. The SMILES string of the molecule is [B]c1cc(OC(F)F)c(OC)cc1NC(=O)N1C=CC(=O)C[C@H]1c1cccc(F)c1. The number of anilines is 1. The minimum Gasteiger partial charge on any atom is -0.493 e. The van der Waals surface area contributed by atoms with E-state index in [1.807, 2.05) is 0 Å². The van der Waals surface area contributed by atoms with E-state index < -0.39 is 24.5 Å². The Bertz CT molecular complexity index is 1000. The second-order valence-corrected chi connectivity index (χ2v) is 6.36. The molecule has 1 heterocycles. The van der Waals surface area contributed by atoms with Gasteiger partial charge in [-0.2, -0.15) is 8.78 Å². The number of rotatable bonds is 5.